The molecule has 0 amide bonds. The summed E-state index contributed by atoms with van der Waals surface area (Å²) in [5.74, 6) is -0.533. The minimum absolute atomic E-state index is 0.110. The number of aromatic nitrogens is 2. The molecule has 0 aliphatic rings. The third-order valence-electron chi connectivity index (χ3n) is 3.32. The van der Waals surface area contributed by atoms with E-state index in [4.69, 9.17) is 0 Å². The topological polar surface area (TPSA) is 54.9 Å². The number of rotatable bonds is 1. The van der Waals surface area contributed by atoms with Crippen LogP contribution in [0.2, 0.25) is 0 Å². The number of aromatic amines is 1. The Kier molecular flexibility index (Phi) is 3.93. The third kappa shape index (κ3) is 2.85. The monoisotopic (exact) mass is 354 g/mol. The average Bonchev–Trinajstić information content (AvgIpc) is 2.36. The molecule has 2 rings (SSSR count). The molecule has 0 saturated heterocycles. The van der Waals surface area contributed by atoms with E-state index >= 15 is 0 Å². The molecule has 4 nitrogen and oxygen atoms in total. The van der Waals surface area contributed by atoms with E-state index in [1.165, 1.54) is 12.3 Å². The Balaban J connectivity index is 2.84. The SMILES string of the molecule is Cc1c(C(C)(C)C)cc(-n2ccc(=O)[nH]c2=O)c(F)c1Br. The summed E-state index contributed by atoms with van der Waals surface area (Å²) in [5, 5.41) is 0. The Morgan fingerprint density at radius 1 is 1.29 bits per heavy atom. The van der Waals surface area contributed by atoms with E-state index in [-0.39, 0.29) is 11.1 Å². The number of benzene rings is 1. The fourth-order valence-electron chi connectivity index (χ4n) is 2.26. The van der Waals surface area contributed by atoms with E-state index in [2.05, 4.69) is 20.9 Å². The normalized spacial score (nSPS) is 11.7. The van der Waals surface area contributed by atoms with Crippen LogP contribution in [0.1, 0.15) is 31.9 Å². The van der Waals surface area contributed by atoms with E-state index in [0.29, 0.717) is 4.47 Å². The second kappa shape index (κ2) is 5.26. The first-order valence-electron chi connectivity index (χ1n) is 6.44. The summed E-state index contributed by atoms with van der Waals surface area (Å²) < 4.78 is 15.9. The maximum atomic E-state index is 14.5. The van der Waals surface area contributed by atoms with Gasteiger partial charge in [-0.25, -0.2) is 9.18 Å². The van der Waals surface area contributed by atoms with Crippen molar-refractivity contribution in [2.45, 2.75) is 33.1 Å². The largest absolute Gasteiger partial charge is 0.333 e. The molecule has 0 aliphatic carbocycles. The fourth-order valence-corrected chi connectivity index (χ4v) is 2.68. The van der Waals surface area contributed by atoms with Crippen molar-refractivity contribution in [1.82, 2.24) is 9.55 Å². The molecule has 2 aromatic rings. The number of halogens is 2. The van der Waals surface area contributed by atoms with Crippen LogP contribution < -0.4 is 11.2 Å². The zero-order valence-electron chi connectivity index (χ0n) is 12.3. The smallest absolute Gasteiger partial charge is 0.274 e. The van der Waals surface area contributed by atoms with Crippen LogP contribution in [-0.4, -0.2) is 9.55 Å². The van der Waals surface area contributed by atoms with Gasteiger partial charge in [0, 0.05) is 12.3 Å². The molecule has 0 aliphatic heterocycles. The molecule has 1 heterocycles. The van der Waals surface area contributed by atoms with E-state index in [9.17, 15) is 14.0 Å². The Hall–Kier alpha value is -1.69. The van der Waals surface area contributed by atoms with Crippen molar-refractivity contribution in [2.24, 2.45) is 0 Å². The highest BCUT2D eigenvalue weighted by molar-refractivity contribution is 9.10. The molecule has 0 unspecified atom stereocenters. The fraction of sp³-hybridized carbons (Fsp3) is 0.333. The van der Waals surface area contributed by atoms with E-state index in [1.54, 1.807) is 6.07 Å². The van der Waals surface area contributed by atoms with Gasteiger partial charge >= 0.3 is 5.69 Å². The molecule has 0 radical (unpaired) electrons. The van der Waals surface area contributed by atoms with Crippen molar-refractivity contribution in [1.29, 1.82) is 0 Å². The quantitative estimate of drug-likeness (QED) is 0.855. The molecular weight excluding hydrogens is 339 g/mol. The maximum absolute atomic E-state index is 14.5. The number of nitrogens with one attached hydrogen (secondary N) is 1. The highest BCUT2D eigenvalue weighted by Crippen LogP contribution is 2.34. The molecule has 112 valence electrons. The van der Waals surface area contributed by atoms with E-state index < -0.39 is 17.1 Å². The molecule has 1 aromatic heterocycles. The molecular formula is C15H16BrFN2O2. The van der Waals surface area contributed by atoms with Gasteiger partial charge < -0.3 is 0 Å². The minimum atomic E-state index is -0.669. The molecule has 0 atom stereocenters. The van der Waals surface area contributed by atoms with Crippen LogP contribution in [0.5, 0.6) is 0 Å². The minimum Gasteiger partial charge on any atom is -0.274 e. The zero-order valence-corrected chi connectivity index (χ0v) is 13.8. The Bertz CT molecular complexity index is 816. The predicted octanol–water partition coefficient (Wildman–Crippen LogP) is 3.03. The van der Waals surface area contributed by atoms with Crippen LogP contribution in [0.25, 0.3) is 5.69 Å². The Morgan fingerprint density at radius 2 is 1.90 bits per heavy atom. The van der Waals surface area contributed by atoms with Gasteiger partial charge in [0.25, 0.3) is 5.56 Å². The van der Waals surface area contributed by atoms with E-state index in [1.807, 2.05) is 27.7 Å². The highest BCUT2D eigenvalue weighted by Gasteiger charge is 2.23. The first-order chi connectivity index (χ1) is 9.62. The van der Waals surface area contributed by atoms with Gasteiger partial charge in [0.05, 0.1) is 10.2 Å². The average molecular weight is 355 g/mol. The van der Waals surface area contributed by atoms with Gasteiger partial charge in [-0.05, 0) is 45.5 Å². The molecule has 6 heteroatoms. The number of hydrogen-bond donors (Lipinski definition) is 1. The summed E-state index contributed by atoms with van der Waals surface area (Å²) >= 11 is 3.25. The van der Waals surface area contributed by atoms with Gasteiger partial charge in [-0.1, -0.05) is 20.8 Å². The summed E-state index contributed by atoms with van der Waals surface area (Å²) in [6, 6.07) is 2.83. The molecule has 1 N–H and O–H groups in total. The standard InChI is InChI=1S/C15H16BrFN2O2/c1-8-9(15(2,3)4)7-10(13(17)12(8)16)19-6-5-11(20)18-14(19)21/h5-7H,1-4H3,(H,18,20,21). The first-order valence-corrected chi connectivity index (χ1v) is 7.23. The summed E-state index contributed by atoms with van der Waals surface area (Å²) in [6.07, 6.45) is 1.27. The second-order valence-electron chi connectivity index (χ2n) is 5.93. The lowest BCUT2D eigenvalue weighted by atomic mass is 9.84. The van der Waals surface area contributed by atoms with Crippen molar-refractivity contribution >= 4 is 15.9 Å². The third-order valence-corrected chi connectivity index (χ3v) is 4.27. The molecule has 0 spiro atoms. The summed E-state index contributed by atoms with van der Waals surface area (Å²) in [4.78, 5) is 25.1. The van der Waals surface area contributed by atoms with Crippen molar-refractivity contribution in [3.05, 3.63) is 60.6 Å². The molecule has 0 saturated carbocycles. The van der Waals surface area contributed by atoms with Crippen LogP contribution in [0.4, 0.5) is 4.39 Å². The number of hydrogen-bond acceptors (Lipinski definition) is 2. The highest BCUT2D eigenvalue weighted by atomic mass is 79.9. The zero-order chi connectivity index (χ0) is 15.9. The Morgan fingerprint density at radius 3 is 2.43 bits per heavy atom. The van der Waals surface area contributed by atoms with Gasteiger partial charge in [-0.2, -0.15) is 0 Å². The molecule has 0 fully saturated rings. The van der Waals surface area contributed by atoms with Crippen LogP contribution in [0.15, 0.2) is 32.4 Å². The number of nitrogens with zero attached hydrogens (tertiary/aromatic N) is 1. The van der Waals surface area contributed by atoms with Crippen LogP contribution in [0.3, 0.4) is 0 Å². The predicted molar refractivity (Wildman–Crippen MR) is 83.8 cm³/mol. The van der Waals surface area contributed by atoms with Crippen molar-refractivity contribution in [3.63, 3.8) is 0 Å². The lowest BCUT2D eigenvalue weighted by Crippen LogP contribution is -2.28. The van der Waals surface area contributed by atoms with Gasteiger partial charge in [0.1, 0.15) is 0 Å². The van der Waals surface area contributed by atoms with E-state index in [0.717, 1.165) is 15.7 Å². The lowest BCUT2D eigenvalue weighted by molar-refractivity contribution is 0.570. The second-order valence-corrected chi connectivity index (χ2v) is 6.72. The van der Waals surface area contributed by atoms with Crippen LogP contribution in [0, 0.1) is 12.7 Å². The Labute approximate surface area is 129 Å². The molecule has 0 bridgehead atoms. The van der Waals surface area contributed by atoms with Gasteiger partial charge in [-0.15, -0.1) is 0 Å². The summed E-state index contributed by atoms with van der Waals surface area (Å²) in [5.41, 5.74) is 0.431. The first kappa shape index (κ1) is 15.7. The van der Waals surface area contributed by atoms with Crippen molar-refractivity contribution in [3.8, 4) is 5.69 Å². The molecule has 21 heavy (non-hydrogen) atoms. The van der Waals surface area contributed by atoms with Gasteiger partial charge in [0.2, 0.25) is 0 Å². The van der Waals surface area contributed by atoms with Crippen LogP contribution in [-0.2, 0) is 5.41 Å². The van der Waals surface area contributed by atoms with Crippen LogP contribution >= 0.6 is 15.9 Å². The maximum Gasteiger partial charge on any atom is 0.333 e. The molecule has 1 aromatic carbocycles. The van der Waals surface area contributed by atoms with Gasteiger partial charge in [-0.3, -0.25) is 14.3 Å². The summed E-state index contributed by atoms with van der Waals surface area (Å²) in [6.45, 7) is 7.87. The van der Waals surface area contributed by atoms with Crippen molar-refractivity contribution in [2.75, 3.05) is 0 Å². The summed E-state index contributed by atoms with van der Waals surface area (Å²) in [7, 11) is 0. The van der Waals surface area contributed by atoms with Crippen molar-refractivity contribution < 1.29 is 4.39 Å². The van der Waals surface area contributed by atoms with Gasteiger partial charge in [0.15, 0.2) is 5.82 Å². The number of H-pyrrole nitrogens is 1. The lowest BCUT2D eigenvalue weighted by Gasteiger charge is -2.24.